The number of nitrogens with one attached hydrogen (secondary N) is 2. The molecule has 1 aliphatic carbocycles. The van der Waals surface area contributed by atoms with Crippen LogP contribution < -0.4 is 10.6 Å². The molecule has 3 aromatic rings. The van der Waals surface area contributed by atoms with Gasteiger partial charge in [-0.25, -0.2) is 0 Å². The van der Waals surface area contributed by atoms with Gasteiger partial charge in [-0.3, -0.25) is 9.59 Å². The van der Waals surface area contributed by atoms with E-state index < -0.39 is 0 Å². The van der Waals surface area contributed by atoms with Gasteiger partial charge in [-0.05, 0) is 31.2 Å². The van der Waals surface area contributed by atoms with E-state index in [1.165, 1.54) is 0 Å². The van der Waals surface area contributed by atoms with E-state index in [0.29, 0.717) is 33.6 Å². The fraction of sp³-hybridized carbons (Fsp3) is 0.259. The van der Waals surface area contributed by atoms with E-state index in [-0.39, 0.29) is 11.6 Å². The molecule has 0 aromatic heterocycles. The lowest BCUT2D eigenvalue weighted by atomic mass is 9.82. The molecule has 1 aliphatic rings. The maximum atomic E-state index is 13.5. The molecule has 0 saturated carbocycles. The van der Waals surface area contributed by atoms with Crippen molar-refractivity contribution in [1.82, 2.24) is 0 Å². The minimum absolute atomic E-state index is 0.114. The number of carbonyl (C=O) groups excluding carboxylic acids is 2. The molecular formula is C27H30N3O2+. The third-order valence-corrected chi connectivity index (χ3v) is 5.73. The van der Waals surface area contributed by atoms with E-state index in [1.54, 1.807) is 24.3 Å². The van der Waals surface area contributed by atoms with E-state index in [0.717, 1.165) is 35.2 Å². The number of fused-ring (bicyclic) bond motifs is 2. The summed E-state index contributed by atoms with van der Waals surface area (Å²) >= 11 is 0. The highest BCUT2D eigenvalue weighted by Crippen LogP contribution is 2.37. The number of nitrogens with zero attached hydrogens (tertiary/aromatic N) is 1. The summed E-state index contributed by atoms with van der Waals surface area (Å²) in [6, 6.07) is 18.8. The van der Waals surface area contributed by atoms with Gasteiger partial charge in [0, 0.05) is 35.5 Å². The first-order chi connectivity index (χ1) is 15.2. The molecule has 164 valence electrons. The SMILES string of the molecule is Cc1ccc(Nc2ccc(NCCC[N+](C)(C)C)c3c2C(=O)c2ccccc2C3=O)cc1. The second kappa shape index (κ2) is 8.60. The minimum Gasteiger partial charge on any atom is -0.384 e. The highest BCUT2D eigenvalue weighted by atomic mass is 16.1. The summed E-state index contributed by atoms with van der Waals surface area (Å²) in [7, 11) is 6.48. The minimum atomic E-state index is -0.125. The van der Waals surface area contributed by atoms with Gasteiger partial charge in [0.15, 0.2) is 11.6 Å². The Morgan fingerprint density at radius 1 is 0.750 bits per heavy atom. The smallest absolute Gasteiger partial charge is 0.196 e. The molecule has 0 heterocycles. The standard InChI is InChI=1S/C27H29N3O2/c1-18-10-12-19(13-11-18)29-23-15-14-22(28-16-7-17-30(2,3)4)24-25(23)27(32)21-9-6-5-8-20(21)26(24)31/h5-6,8-15H,7,16-17H2,1-4H3,(H-,28,29,31,32)/p+1. The lowest BCUT2D eigenvalue weighted by molar-refractivity contribution is -0.870. The number of carbonyl (C=O) groups is 2. The van der Waals surface area contributed by atoms with E-state index in [2.05, 4.69) is 31.8 Å². The van der Waals surface area contributed by atoms with Crippen molar-refractivity contribution in [3.63, 3.8) is 0 Å². The number of anilines is 3. The summed E-state index contributed by atoms with van der Waals surface area (Å²) in [4.78, 5) is 27.0. The normalized spacial score (nSPS) is 12.9. The van der Waals surface area contributed by atoms with Crippen LogP contribution in [0.2, 0.25) is 0 Å². The topological polar surface area (TPSA) is 58.2 Å². The van der Waals surface area contributed by atoms with Crippen LogP contribution in [0, 0.1) is 6.92 Å². The van der Waals surface area contributed by atoms with Crippen LogP contribution in [-0.2, 0) is 0 Å². The fourth-order valence-electron chi connectivity index (χ4n) is 4.04. The number of hydrogen-bond acceptors (Lipinski definition) is 4. The van der Waals surface area contributed by atoms with Crippen LogP contribution in [0.3, 0.4) is 0 Å². The predicted octanol–water partition coefficient (Wildman–Crippen LogP) is 5.02. The van der Waals surface area contributed by atoms with Crippen LogP contribution in [0.1, 0.15) is 43.8 Å². The van der Waals surface area contributed by atoms with Crippen LogP contribution in [-0.4, -0.2) is 50.3 Å². The largest absolute Gasteiger partial charge is 0.384 e. The molecule has 5 heteroatoms. The van der Waals surface area contributed by atoms with Crippen LogP contribution in [0.4, 0.5) is 17.1 Å². The molecule has 5 nitrogen and oxygen atoms in total. The Balaban J connectivity index is 1.73. The Labute approximate surface area is 189 Å². The Morgan fingerprint density at radius 2 is 1.31 bits per heavy atom. The van der Waals surface area contributed by atoms with Crippen LogP contribution >= 0.6 is 0 Å². The third-order valence-electron chi connectivity index (χ3n) is 5.73. The van der Waals surface area contributed by atoms with Gasteiger partial charge in [0.2, 0.25) is 0 Å². The first kappa shape index (κ1) is 21.8. The number of ketones is 2. The summed E-state index contributed by atoms with van der Waals surface area (Å²) < 4.78 is 0.879. The summed E-state index contributed by atoms with van der Waals surface area (Å²) in [6.07, 6.45) is 0.959. The Hall–Kier alpha value is -3.44. The zero-order valence-corrected chi connectivity index (χ0v) is 19.2. The molecule has 0 amide bonds. The monoisotopic (exact) mass is 428 g/mol. The predicted molar refractivity (Wildman–Crippen MR) is 130 cm³/mol. The highest BCUT2D eigenvalue weighted by molar-refractivity contribution is 6.32. The lowest BCUT2D eigenvalue weighted by Crippen LogP contribution is -2.36. The lowest BCUT2D eigenvalue weighted by Gasteiger charge is -2.25. The highest BCUT2D eigenvalue weighted by Gasteiger charge is 2.33. The van der Waals surface area contributed by atoms with Gasteiger partial charge in [0.1, 0.15) is 0 Å². The molecular weight excluding hydrogens is 398 g/mol. The van der Waals surface area contributed by atoms with Crippen LogP contribution in [0.15, 0.2) is 60.7 Å². The van der Waals surface area contributed by atoms with Gasteiger partial charge in [0.25, 0.3) is 0 Å². The Kier molecular flexibility index (Phi) is 5.85. The molecule has 0 aliphatic heterocycles. The molecule has 0 radical (unpaired) electrons. The molecule has 0 spiro atoms. The Bertz CT molecular complexity index is 1170. The van der Waals surface area contributed by atoms with Crippen molar-refractivity contribution in [2.75, 3.05) is 44.9 Å². The van der Waals surface area contributed by atoms with Crippen molar-refractivity contribution in [1.29, 1.82) is 0 Å². The molecule has 3 aromatic carbocycles. The van der Waals surface area contributed by atoms with Crippen LogP contribution in [0.25, 0.3) is 0 Å². The van der Waals surface area contributed by atoms with Crippen molar-refractivity contribution >= 4 is 28.6 Å². The average Bonchev–Trinajstić information content (AvgIpc) is 2.76. The van der Waals surface area contributed by atoms with Crippen molar-refractivity contribution in [3.8, 4) is 0 Å². The molecule has 0 unspecified atom stereocenters. The third kappa shape index (κ3) is 4.43. The average molecular weight is 429 g/mol. The first-order valence-electron chi connectivity index (χ1n) is 11.0. The molecule has 0 fully saturated rings. The molecule has 0 bridgehead atoms. The summed E-state index contributed by atoms with van der Waals surface area (Å²) in [5, 5.41) is 6.77. The van der Waals surface area contributed by atoms with Crippen LogP contribution in [0.5, 0.6) is 0 Å². The van der Waals surface area contributed by atoms with E-state index in [9.17, 15) is 9.59 Å². The summed E-state index contributed by atoms with van der Waals surface area (Å²) in [5.41, 5.74) is 5.21. The van der Waals surface area contributed by atoms with Crippen molar-refractivity contribution in [3.05, 3.63) is 88.5 Å². The van der Waals surface area contributed by atoms with E-state index >= 15 is 0 Å². The van der Waals surface area contributed by atoms with Crippen molar-refractivity contribution < 1.29 is 14.1 Å². The second-order valence-electron chi connectivity index (χ2n) is 9.40. The summed E-state index contributed by atoms with van der Waals surface area (Å²) in [5.74, 6) is -0.239. The maximum Gasteiger partial charge on any atom is 0.196 e. The molecule has 2 N–H and O–H groups in total. The maximum absolute atomic E-state index is 13.5. The van der Waals surface area contributed by atoms with Gasteiger partial charge in [-0.2, -0.15) is 0 Å². The van der Waals surface area contributed by atoms with Gasteiger partial charge >= 0.3 is 0 Å². The zero-order chi connectivity index (χ0) is 22.9. The summed E-state index contributed by atoms with van der Waals surface area (Å²) in [6.45, 7) is 3.78. The second-order valence-corrected chi connectivity index (χ2v) is 9.40. The molecule has 4 rings (SSSR count). The number of benzene rings is 3. The van der Waals surface area contributed by atoms with Gasteiger partial charge in [0.05, 0.1) is 44.5 Å². The first-order valence-corrected chi connectivity index (χ1v) is 11.0. The van der Waals surface area contributed by atoms with Crippen molar-refractivity contribution in [2.45, 2.75) is 13.3 Å². The molecule has 0 saturated heterocycles. The van der Waals surface area contributed by atoms with E-state index in [1.807, 2.05) is 43.3 Å². The molecule has 32 heavy (non-hydrogen) atoms. The number of quaternary nitrogens is 1. The number of aryl methyl sites for hydroxylation is 1. The Morgan fingerprint density at radius 3 is 1.91 bits per heavy atom. The fourth-order valence-corrected chi connectivity index (χ4v) is 4.04. The van der Waals surface area contributed by atoms with Gasteiger partial charge in [-0.1, -0.05) is 42.0 Å². The zero-order valence-electron chi connectivity index (χ0n) is 19.2. The number of hydrogen-bond donors (Lipinski definition) is 2. The number of rotatable bonds is 7. The molecule has 0 atom stereocenters. The van der Waals surface area contributed by atoms with Gasteiger partial charge in [-0.15, -0.1) is 0 Å². The quantitative estimate of drug-likeness (QED) is 0.320. The van der Waals surface area contributed by atoms with E-state index in [4.69, 9.17) is 0 Å². The van der Waals surface area contributed by atoms with Crippen molar-refractivity contribution in [2.24, 2.45) is 0 Å². The van der Waals surface area contributed by atoms with Gasteiger partial charge < -0.3 is 15.1 Å².